The van der Waals surface area contributed by atoms with E-state index in [1.54, 1.807) is 44.2 Å². The summed E-state index contributed by atoms with van der Waals surface area (Å²) in [5.41, 5.74) is 2.41. The normalized spacial score (nSPS) is 12.3. The molecule has 0 aliphatic rings. The van der Waals surface area contributed by atoms with Gasteiger partial charge in [-0.05, 0) is 48.2 Å². The van der Waals surface area contributed by atoms with Crippen LogP contribution in [0.3, 0.4) is 0 Å². The van der Waals surface area contributed by atoms with Crippen LogP contribution >= 0.6 is 0 Å². The van der Waals surface area contributed by atoms with Gasteiger partial charge >= 0.3 is 0 Å². The Balaban J connectivity index is 1.82. The number of amides is 1. The number of hydrogen-bond donors (Lipinski definition) is 1. The van der Waals surface area contributed by atoms with E-state index in [9.17, 15) is 4.79 Å². The summed E-state index contributed by atoms with van der Waals surface area (Å²) in [6, 6.07) is 11.2. The first-order chi connectivity index (χ1) is 15.0. The molecule has 164 valence electrons. The second kappa shape index (κ2) is 9.97. The van der Waals surface area contributed by atoms with Gasteiger partial charge in [-0.2, -0.15) is 0 Å². The Labute approximate surface area is 181 Å². The zero-order chi connectivity index (χ0) is 22.4. The number of hydrogen-bond acceptors (Lipinski definition) is 6. The fourth-order valence-corrected chi connectivity index (χ4v) is 3.37. The first-order valence-corrected chi connectivity index (χ1v) is 10.0. The molecule has 0 radical (unpaired) electrons. The molecular formula is C23H28N4O4. The number of nitrogens with one attached hydrogen (secondary N) is 1. The Morgan fingerprint density at radius 3 is 2.39 bits per heavy atom. The molecule has 1 heterocycles. The number of nitrogens with zero attached hydrogens (tertiary/aromatic N) is 3. The maximum Gasteiger partial charge on any atom is 0.245 e. The van der Waals surface area contributed by atoms with Gasteiger partial charge < -0.3 is 19.5 Å². The van der Waals surface area contributed by atoms with Gasteiger partial charge in [-0.3, -0.25) is 4.79 Å². The van der Waals surface area contributed by atoms with Crippen molar-refractivity contribution in [3.63, 3.8) is 0 Å². The third-order valence-corrected chi connectivity index (χ3v) is 4.79. The van der Waals surface area contributed by atoms with Crippen LogP contribution in [0.4, 0.5) is 0 Å². The highest BCUT2D eigenvalue weighted by molar-refractivity contribution is 5.92. The van der Waals surface area contributed by atoms with E-state index in [0.717, 1.165) is 23.0 Å². The molecule has 8 heteroatoms. The molecule has 0 saturated heterocycles. The van der Waals surface area contributed by atoms with Crippen molar-refractivity contribution >= 4 is 23.0 Å². The monoisotopic (exact) mass is 424 g/mol. The molecule has 31 heavy (non-hydrogen) atoms. The van der Waals surface area contributed by atoms with E-state index in [4.69, 9.17) is 14.2 Å². The lowest BCUT2D eigenvalue weighted by Gasteiger charge is -2.20. The number of carbonyl (C=O) groups excluding carboxylic acids is 1. The van der Waals surface area contributed by atoms with E-state index >= 15 is 0 Å². The van der Waals surface area contributed by atoms with Crippen molar-refractivity contribution in [2.24, 2.45) is 5.92 Å². The highest BCUT2D eigenvalue weighted by Crippen LogP contribution is 2.38. The highest BCUT2D eigenvalue weighted by Gasteiger charge is 2.19. The Hall–Kier alpha value is -3.55. The Bertz CT molecular complexity index is 1050. The number of benzene rings is 2. The predicted molar refractivity (Wildman–Crippen MR) is 119 cm³/mol. The first-order valence-electron chi connectivity index (χ1n) is 10.0. The van der Waals surface area contributed by atoms with Crippen molar-refractivity contribution < 1.29 is 19.0 Å². The third kappa shape index (κ3) is 5.14. The topological polar surface area (TPSA) is 87.5 Å². The van der Waals surface area contributed by atoms with Crippen LogP contribution in [0.25, 0.3) is 17.1 Å². The van der Waals surface area contributed by atoms with Crippen LogP contribution in [0.5, 0.6) is 17.2 Å². The molecule has 1 N–H and O–H groups in total. The summed E-state index contributed by atoms with van der Waals surface area (Å²) in [5.74, 6) is 1.66. The zero-order valence-corrected chi connectivity index (χ0v) is 18.5. The van der Waals surface area contributed by atoms with Gasteiger partial charge in [0.05, 0.1) is 26.8 Å². The van der Waals surface area contributed by atoms with Crippen molar-refractivity contribution in [2.75, 3.05) is 21.3 Å². The largest absolute Gasteiger partial charge is 0.493 e. The van der Waals surface area contributed by atoms with Gasteiger partial charge in [0, 0.05) is 6.08 Å². The quantitative estimate of drug-likeness (QED) is 0.525. The lowest BCUT2D eigenvalue weighted by atomic mass is 10.1. The maximum atomic E-state index is 12.7. The standard InChI is InChI=1S/C23H28N4O4/c1-15(2)12-21(27-18-9-7-6-8-17(18)25-26-27)24-22(28)11-10-16-13-19(29-3)23(31-5)20(14-16)30-4/h6-11,13-15,21H,12H2,1-5H3,(H,24,28)/b11-10-. The molecule has 1 aromatic heterocycles. The smallest absolute Gasteiger partial charge is 0.245 e. The number of para-hydroxylation sites is 1. The fraction of sp³-hybridized carbons (Fsp3) is 0.348. The van der Waals surface area contributed by atoms with Gasteiger partial charge in [-0.25, -0.2) is 4.68 Å². The number of fused-ring (bicyclic) bond motifs is 1. The zero-order valence-electron chi connectivity index (χ0n) is 18.5. The summed E-state index contributed by atoms with van der Waals surface area (Å²) in [6.07, 6.45) is 3.58. The molecular weight excluding hydrogens is 396 g/mol. The van der Waals surface area contributed by atoms with Crippen LogP contribution in [0.2, 0.25) is 0 Å². The number of ether oxygens (including phenoxy) is 3. The SMILES string of the molecule is COc1cc(/C=C\C(=O)NC(CC(C)C)n2nnc3ccccc32)cc(OC)c1OC. The molecule has 1 unspecified atom stereocenters. The second-order valence-electron chi connectivity index (χ2n) is 7.47. The van der Waals surface area contributed by atoms with E-state index in [-0.39, 0.29) is 12.1 Å². The summed E-state index contributed by atoms with van der Waals surface area (Å²) >= 11 is 0. The molecule has 0 aliphatic heterocycles. The summed E-state index contributed by atoms with van der Waals surface area (Å²) < 4.78 is 17.8. The van der Waals surface area contributed by atoms with Crippen LogP contribution < -0.4 is 19.5 Å². The molecule has 3 aromatic rings. The summed E-state index contributed by atoms with van der Waals surface area (Å²) in [7, 11) is 4.65. The third-order valence-electron chi connectivity index (χ3n) is 4.79. The lowest BCUT2D eigenvalue weighted by molar-refractivity contribution is -0.117. The van der Waals surface area contributed by atoms with Gasteiger partial charge in [-0.15, -0.1) is 5.10 Å². The van der Waals surface area contributed by atoms with Gasteiger partial charge in [0.2, 0.25) is 11.7 Å². The van der Waals surface area contributed by atoms with Crippen molar-refractivity contribution in [1.82, 2.24) is 20.3 Å². The highest BCUT2D eigenvalue weighted by atomic mass is 16.5. The van der Waals surface area contributed by atoms with Gasteiger partial charge in [0.25, 0.3) is 0 Å². The van der Waals surface area contributed by atoms with Crippen LogP contribution in [0.1, 0.15) is 32.0 Å². The van der Waals surface area contributed by atoms with Crippen molar-refractivity contribution in [1.29, 1.82) is 0 Å². The van der Waals surface area contributed by atoms with E-state index in [1.807, 2.05) is 24.3 Å². The van der Waals surface area contributed by atoms with Crippen LogP contribution in [0, 0.1) is 5.92 Å². The van der Waals surface area contributed by atoms with E-state index in [1.165, 1.54) is 6.08 Å². The Morgan fingerprint density at radius 1 is 1.10 bits per heavy atom. The molecule has 8 nitrogen and oxygen atoms in total. The minimum atomic E-state index is -0.315. The second-order valence-corrected chi connectivity index (χ2v) is 7.47. The molecule has 1 amide bonds. The van der Waals surface area contributed by atoms with Crippen molar-refractivity contribution in [3.05, 3.63) is 48.0 Å². The molecule has 0 spiro atoms. The number of methoxy groups -OCH3 is 3. The van der Waals surface area contributed by atoms with E-state index in [0.29, 0.717) is 23.2 Å². The molecule has 3 rings (SSSR count). The van der Waals surface area contributed by atoms with Gasteiger partial charge in [0.1, 0.15) is 11.7 Å². The maximum absolute atomic E-state index is 12.7. The minimum Gasteiger partial charge on any atom is -0.493 e. The number of aromatic nitrogens is 3. The van der Waals surface area contributed by atoms with Gasteiger partial charge in [-0.1, -0.05) is 31.2 Å². The molecule has 0 saturated carbocycles. The van der Waals surface area contributed by atoms with E-state index in [2.05, 4.69) is 29.5 Å². The summed E-state index contributed by atoms with van der Waals surface area (Å²) in [4.78, 5) is 12.7. The average Bonchev–Trinajstić information content (AvgIpc) is 3.20. The van der Waals surface area contributed by atoms with Crippen molar-refractivity contribution in [3.8, 4) is 17.2 Å². The van der Waals surface area contributed by atoms with Crippen LogP contribution in [0.15, 0.2) is 42.5 Å². The summed E-state index contributed by atoms with van der Waals surface area (Å²) in [6.45, 7) is 4.20. The minimum absolute atomic E-state index is 0.237. The Morgan fingerprint density at radius 2 is 1.77 bits per heavy atom. The lowest BCUT2D eigenvalue weighted by Crippen LogP contribution is -2.33. The van der Waals surface area contributed by atoms with Gasteiger partial charge in [0.15, 0.2) is 11.5 Å². The van der Waals surface area contributed by atoms with E-state index < -0.39 is 0 Å². The average molecular weight is 425 g/mol. The molecule has 1 atom stereocenters. The van der Waals surface area contributed by atoms with Crippen molar-refractivity contribution in [2.45, 2.75) is 26.4 Å². The fourth-order valence-electron chi connectivity index (χ4n) is 3.37. The summed E-state index contributed by atoms with van der Waals surface area (Å²) in [5, 5.41) is 11.5. The molecule has 0 fully saturated rings. The Kier molecular flexibility index (Phi) is 7.12. The van der Waals surface area contributed by atoms with Crippen LogP contribution in [-0.4, -0.2) is 42.2 Å². The van der Waals surface area contributed by atoms with Crippen LogP contribution in [-0.2, 0) is 4.79 Å². The predicted octanol–water partition coefficient (Wildman–Crippen LogP) is 3.83. The first kappa shape index (κ1) is 22.1. The molecule has 0 bridgehead atoms. The molecule has 0 aliphatic carbocycles. The number of carbonyl (C=O) groups is 1. The number of rotatable bonds is 9. The molecule has 2 aromatic carbocycles.